The molecule has 0 bridgehead atoms. The van der Waals surface area contributed by atoms with E-state index in [2.05, 4.69) is 15.2 Å². The van der Waals surface area contributed by atoms with E-state index in [1.807, 2.05) is 6.92 Å². The molecule has 0 radical (unpaired) electrons. The van der Waals surface area contributed by atoms with Crippen LogP contribution in [-0.2, 0) is 11.3 Å². The number of nitrogens with zero attached hydrogens (tertiary/aromatic N) is 2. The van der Waals surface area contributed by atoms with Crippen molar-refractivity contribution in [2.45, 2.75) is 26.3 Å². The summed E-state index contributed by atoms with van der Waals surface area (Å²) in [5.74, 6) is 0. The molecule has 0 unspecified atom stereocenters. The first-order valence-corrected chi connectivity index (χ1v) is 6.35. The highest BCUT2D eigenvalue weighted by molar-refractivity contribution is 6.32. The van der Waals surface area contributed by atoms with Crippen LogP contribution in [0.2, 0.25) is 5.02 Å². The molecular formula is C11H17ClN4O3. The first-order valence-electron chi connectivity index (χ1n) is 5.98. The van der Waals surface area contributed by atoms with Crippen LogP contribution in [-0.4, -0.2) is 29.0 Å². The van der Waals surface area contributed by atoms with Crippen LogP contribution in [0.4, 0.5) is 10.5 Å². The Kier molecular flexibility index (Phi) is 6.14. The summed E-state index contributed by atoms with van der Waals surface area (Å²) in [6, 6.07) is 0. The van der Waals surface area contributed by atoms with Crippen molar-refractivity contribution in [1.82, 2.24) is 9.78 Å². The number of nitrogens with two attached hydrogens (primary N) is 1. The fraction of sp³-hybridized carbons (Fsp3) is 0.545. The minimum absolute atomic E-state index is 0.0742. The van der Waals surface area contributed by atoms with Gasteiger partial charge < -0.3 is 15.8 Å². The van der Waals surface area contributed by atoms with E-state index in [0.717, 1.165) is 12.8 Å². The summed E-state index contributed by atoms with van der Waals surface area (Å²) < 4.78 is 5.87. The van der Waals surface area contributed by atoms with E-state index in [9.17, 15) is 9.59 Å². The Morgan fingerprint density at radius 3 is 3.00 bits per heavy atom. The fourth-order valence-corrected chi connectivity index (χ4v) is 1.61. The molecule has 0 aliphatic carbocycles. The van der Waals surface area contributed by atoms with E-state index in [-0.39, 0.29) is 17.2 Å². The molecule has 3 N–H and O–H groups in total. The summed E-state index contributed by atoms with van der Waals surface area (Å²) in [5, 5.41) is 6.94. The van der Waals surface area contributed by atoms with Crippen molar-refractivity contribution < 1.29 is 9.53 Å². The predicted octanol–water partition coefficient (Wildman–Crippen LogP) is 1.20. The predicted molar refractivity (Wildman–Crippen MR) is 72.4 cm³/mol. The van der Waals surface area contributed by atoms with Gasteiger partial charge in [0, 0.05) is 13.1 Å². The average molecular weight is 289 g/mol. The third-order valence-corrected chi connectivity index (χ3v) is 2.74. The van der Waals surface area contributed by atoms with Gasteiger partial charge in [-0.3, -0.25) is 4.79 Å². The third-order valence-electron chi connectivity index (χ3n) is 2.37. The van der Waals surface area contributed by atoms with Crippen LogP contribution in [0.1, 0.15) is 19.8 Å². The number of rotatable bonds is 7. The molecule has 0 saturated carbocycles. The van der Waals surface area contributed by atoms with Gasteiger partial charge >= 0.3 is 6.09 Å². The molecule has 0 atom stereocenters. The second-order valence-corrected chi connectivity index (χ2v) is 4.23. The molecule has 0 aliphatic rings. The highest BCUT2D eigenvalue weighted by Crippen LogP contribution is 2.14. The number of amides is 1. The molecule has 7 nitrogen and oxygen atoms in total. The van der Waals surface area contributed by atoms with Crippen LogP contribution in [0.5, 0.6) is 0 Å². The SMILES string of the molecule is CCCCn1ncc(NCCOC(N)=O)c(Cl)c1=O. The molecule has 1 aromatic heterocycles. The number of nitrogens with one attached hydrogen (secondary N) is 1. The highest BCUT2D eigenvalue weighted by Gasteiger charge is 2.08. The van der Waals surface area contributed by atoms with E-state index in [1.54, 1.807) is 0 Å². The Bertz CT molecular complexity index is 489. The number of carbonyl (C=O) groups excluding carboxylic acids is 1. The van der Waals surface area contributed by atoms with E-state index in [1.165, 1.54) is 10.9 Å². The number of hydrogen-bond acceptors (Lipinski definition) is 5. The molecule has 1 heterocycles. The second-order valence-electron chi connectivity index (χ2n) is 3.85. The number of carbonyl (C=O) groups is 1. The molecule has 1 amide bonds. The maximum atomic E-state index is 11.9. The molecule has 1 rings (SSSR count). The van der Waals surface area contributed by atoms with Gasteiger partial charge in [0.25, 0.3) is 5.56 Å². The summed E-state index contributed by atoms with van der Waals surface area (Å²) in [4.78, 5) is 22.2. The van der Waals surface area contributed by atoms with Gasteiger partial charge in [-0.25, -0.2) is 9.48 Å². The smallest absolute Gasteiger partial charge is 0.404 e. The van der Waals surface area contributed by atoms with Crippen molar-refractivity contribution in [3.05, 3.63) is 21.6 Å². The Morgan fingerprint density at radius 2 is 2.37 bits per heavy atom. The number of halogens is 1. The van der Waals surface area contributed by atoms with Gasteiger partial charge in [-0.2, -0.15) is 5.10 Å². The highest BCUT2D eigenvalue weighted by atomic mass is 35.5. The number of ether oxygens (including phenoxy) is 1. The van der Waals surface area contributed by atoms with Crippen molar-refractivity contribution in [3.63, 3.8) is 0 Å². The Morgan fingerprint density at radius 1 is 1.63 bits per heavy atom. The number of primary amides is 1. The number of anilines is 1. The van der Waals surface area contributed by atoms with E-state index in [4.69, 9.17) is 17.3 Å². The lowest BCUT2D eigenvalue weighted by Gasteiger charge is -2.09. The van der Waals surface area contributed by atoms with Crippen LogP contribution < -0.4 is 16.6 Å². The summed E-state index contributed by atoms with van der Waals surface area (Å²) in [6.07, 6.45) is 2.46. The summed E-state index contributed by atoms with van der Waals surface area (Å²) in [6.45, 7) is 2.95. The van der Waals surface area contributed by atoms with Crippen LogP contribution in [0.25, 0.3) is 0 Å². The minimum atomic E-state index is -0.846. The maximum absolute atomic E-state index is 11.9. The summed E-state index contributed by atoms with van der Waals surface area (Å²) in [7, 11) is 0. The number of aromatic nitrogens is 2. The van der Waals surface area contributed by atoms with Gasteiger partial charge in [0.15, 0.2) is 0 Å². The van der Waals surface area contributed by atoms with Crippen molar-refractivity contribution in [2.75, 3.05) is 18.5 Å². The third kappa shape index (κ3) is 4.78. The van der Waals surface area contributed by atoms with Gasteiger partial charge in [0.2, 0.25) is 0 Å². The van der Waals surface area contributed by atoms with Gasteiger partial charge in [-0.1, -0.05) is 24.9 Å². The summed E-state index contributed by atoms with van der Waals surface area (Å²) in [5.41, 5.74) is 4.88. The molecule has 106 valence electrons. The largest absolute Gasteiger partial charge is 0.448 e. The molecule has 1 aromatic rings. The van der Waals surface area contributed by atoms with Crippen molar-refractivity contribution in [3.8, 4) is 0 Å². The second kappa shape index (κ2) is 7.63. The number of unbranched alkanes of at least 4 members (excludes halogenated alkanes) is 1. The molecule has 0 spiro atoms. The molecule has 0 saturated heterocycles. The van der Waals surface area contributed by atoms with Crippen LogP contribution in [0, 0.1) is 0 Å². The zero-order chi connectivity index (χ0) is 14.3. The Hall–Kier alpha value is -1.76. The molecular weight excluding hydrogens is 272 g/mol. The number of aryl methyl sites for hydroxylation is 1. The topological polar surface area (TPSA) is 99.2 Å². The van der Waals surface area contributed by atoms with E-state index >= 15 is 0 Å². The van der Waals surface area contributed by atoms with Crippen LogP contribution in [0.15, 0.2) is 11.0 Å². The standard InChI is InChI=1S/C11H17ClN4O3/c1-2-3-5-16-10(17)9(12)8(7-15-16)14-4-6-19-11(13)18/h7,14H,2-6H2,1H3,(H2,13,18). The number of hydrogen-bond donors (Lipinski definition) is 2. The normalized spacial score (nSPS) is 10.2. The van der Waals surface area contributed by atoms with Crippen molar-refractivity contribution in [1.29, 1.82) is 0 Å². The van der Waals surface area contributed by atoms with Crippen LogP contribution >= 0.6 is 11.6 Å². The molecule has 19 heavy (non-hydrogen) atoms. The van der Waals surface area contributed by atoms with Gasteiger partial charge in [-0.15, -0.1) is 0 Å². The molecule has 0 aliphatic heterocycles. The first-order chi connectivity index (χ1) is 9.06. The zero-order valence-electron chi connectivity index (χ0n) is 10.7. The van der Waals surface area contributed by atoms with Gasteiger partial charge in [0.05, 0.1) is 11.9 Å². The van der Waals surface area contributed by atoms with Gasteiger partial charge in [-0.05, 0) is 6.42 Å². The van der Waals surface area contributed by atoms with E-state index in [0.29, 0.717) is 18.8 Å². The maximum Gasteiger partial charge on any atom is 0.404 e. The lowest BCUT2D eigenvalue weighted by atomic mass is 10.3. The van der Waals surface area contributed by atoms with E-state index < -0.39 is 6.09 Å². The first kappa shape index (κ1) is 15.3. The monoisotopic (exact) mass is 288 g/mol. The summed E-state index contributed by atoms with van der Waals surface area (Å²) >= 11 is 5.95. The molecule has 0 fully saturated rings. The lowest BCUT2D eigenvalue weighted by Crippen LogP contribution is -2.25. The van der Waals surface area contributed by atoms with Crippen molar-refractivity contribution in [2.24, 2.45) is 5.73 Å². The van der Waals surface area contributed by atoms with Crippen LogP contribution in [0.3, 0.4) is 0 Å². The fourth-order valence-electron chi connectivity index (χ4n) is 1.39. The molecule has 0 aromatic carbocycles. The molecule has 8 heteroatoms. The van der Waals surface area contributed by atoms with Gasteiger partial charge in [0.1, 0.15) is 11.6 Å². The lowest BCUT2D eigenvalue weighted by molar-refractivity contribution is 0.161. The van der Waals surface area contributed by atoms with Crippen molar-refractivity contribution >= 4 is 23.4 Å². The minimum Gasteiger partial charge on any atom is -0.448 e. The average Bonchev–Trinajstić information content (AvgIpc) is 2.38. The quantitative estimate of drug-likeness (QED) is 0.735. The zero-order valence-corrected chi connectivity index (χ0v) is 11.4. The Labute approximate surface area is 115 Å². The Balaban J connectivity index is 2.63.